The molecule has 1 saturated heterocycles. The average Bonchev–Trinajstić information content (AvgIpc) is 3.47. The van der Waals surface area contributed by atoms with Gasteiger partial charge in [-0.1, -0.05) is 18.2 Å². The number of carbonyl (C=O) groups is 2. The first kappa shape index (κ1) is 23.5. The molecule has 1 aromatic heterocycles. The van der Waals surface area contributed by atoms with Gasteiger partial charge in [0.25, 0.3) is 0 Å². The molecule has 2 fully saturated rings. The molecular formula is C22H25ClFN3O3S. The fourth-order valence-electron chi connectivity index (χ4n) is 3.96. The van der Waals surface area contributed by atoms with Gasteiger partial charge in [-0.15, -0.1) is 12.4 Å². The number of aliphatic carboxylic acids is 1. The third-order valence-corrected chi connectivity index (χ3v) is 6.21. The van der Waals surface area contributed by atoms with Crippen LogP contribution in [0.5, 0.6) is 0 Å². The first-order valence-electron chi connectivity index (χ1n) is 10.1. The minimum Gasteiger partial charge on any atom is -0.480 e. The van der Waals surface area contributed by atoms with Crippen LogP contribution in [0.3, 0.4) is 0 Å². The van der Waals surface area contributed by atoms with Gasteiger partial charge in [-0.25, -0.2) is 9.37 Å². The molecule has 2 unspecified atom stereocenters. The molecule has 166 valence electrons. The molecule has 0 amide bonds. The number of carboxylic acids is 1. The number of piperidine rings is 1. The van der Waals surface area contributed by atoms with Crippen LogP contribution in [0.15, 0.2) is 42.4 Å². The van der Waals surface area contributed by atoms with Crippen molar-refractivity contribution in [1.29, 1.82) is 0 Å². The molecule has 1 aromatic carbocycles. The molecule has 2 aliphatic rings. The van der Waals surface area contributed by atoms with Crippen LogP contribution < -0.4 is 0 Å². The van der Waals surface area contributed by atoms with E-state index in [0.717, 1.165) is 24.8 Å². The molecule has 0 bridgehead atoms. The lowest BCUT2D eigenvalue weighted by Gasteiger charge is -2.37. The molecule has 2 atom stereocenters. The summed E-state index contributed by atoms with van der Waals surface area (Å²) in [6, 6.07) is 5.90. The van der Waals surface area contributed by atoms with Gasteiger partial charge in [-0.2, -0.15) is 12.6 Å². The average molecular weight is 466 g/mol. The lowest BCUT2D eigenvalue weighted by Crippen LogP contribution is -2.42. The highest BCUT2D eigenvalue weighted by atomic mass is 35.5. The quantitative estimate of drug-likeness (QED) is 0.611. The summed E-state index contributed by atoms with van der Waals surface area (Å²) >= 11 is 4.69. The van der Waals surface area contributed by atoms with E-state index in [4.69, 9.17) is 5.11 Å². The Balaban J connectivity index is 0.00000272. The minimum atomic E-state index is -0.936. The number of likely N-dealkylation sites (tertiary alicyclic amines) is 1. The Kier molecular flexibility index (Phi) is 7.56. The molecule has 2 heterocycles. The number of hydrogen-bond donors (Lipinski definition) is 2. The van der Waals surface area contributed by atoms with Crippen molar-refractivity contribution in [2.24, 2.45) is 5.92 Å². The van der Waals surface area contributed by atoms with Gasteiger partial charge in [-0.3, -0.25) is 14.5 Å². The summed E-state index contributed by atoms with van der Waals surface area (Å²) in [6.45, 7) is 0.978. The van der Waals surface area contributed by atoms with Crippen LogP contribution in [0.4, 0.5) is 4.39 Å². The van der Waals surface area contributed by atoms with E-state index in [1.807, 2.05) is 11.0 Å². The highest BCUT2D eigenvalue weighted by molar-refractivity contribution is 7.81. The normalized spacial score (nSPS) is 21.5. The van der Waals surface area contributed by atoms with E-state index in [-0.39, 0.29) is 41.7 Å². The monoisotopic (exact) mass is 465 g/mol. The SMILES string of the molecule is Cl.O=C(O)Cn1cnc(/C=C2\CN(C(C(=O)C3CC3)c3ccccc3F)CCC2S)c1. The molecular weight excluding hydrogens is 441 g/mol. The molecule has 0 radical (unpaired) electrons. The van der Waals surface area contributed by atoms with Crippen molar-refractivity contribution >= 4 is 42.9 Å². The maximum absolute atomic E-state index is 14.6. The van der Waals surface area contributed by atoms with E-state index < -0.39 is 12.0 Å². The van der Waals surface area contributed by atoms with Crippen LogP contribution in [0, 0.1) is 11.7 Å². The fourth-order valence-corrected chi connectivity index (χ4v) is 4.23. The molecule has 1 N–H and O–H groups in total. The van der Waals surface area contributed by atoms with Gasteiger partial charge in [0.05, 0.1) is 18.1 Å². The van der Waals surface area contributed by atoms with Crippen molar-refractivity contribution in [3.63, 3.8) is 0 Å². The topological polar surface area (TPSA) is 75.4 Å². The molecule has 1 aliphatic carbocycles. The van der Waals surface area contributed by atoms with Crippen molar-refractivity contribution in [2.45, 2.75) is 37.1 Å². The molecule has 0 spiro atoms. The summed E-state index contributed by atoms with van der Waals surface area (Å²) in [6.07, 6.45) is 7.51. The predicted molar refractivity (Wildman–Crippen MR) is 121 cm³/mol. The van der Waals surface area contributed by atoms with Gasteiger partial charge >= 0.3 is 5.97 Å². The van der Waals surface area contributed by atoms with E-state index in [1.54, 1.807) is 24.4 Å². The van der Waals surface area contributed by atoms with Crippen molar-refractivity contribution < 1.29 is 19.1 Å². The lowest BCUT2D eigenvalue weighted by atomic mass is 9.93. The Morgan fingerprint density at radius 1 is 1.29 bits per heavy atom. The Hall–Kier alpha value is -2.16. The predicted octanol–water partition coefficient (Wildman–Crippen LogP) is 3.64. The van der Waals surface area contributed by atoms with Gasteiger partial charge in [-0.05, 0) is 37.0 Å². The standard InChI is InChI=1S/C22H24FN3O3S.ClH/c23-18-4-2-1-3-17(18)21(22(29)14-5-6-14)26-8-7-19(30)15(10-26)9-16-11-25(13-24-16)12-20(27)28;/h1-4,9,11,13-14,19,21,30H,5-8,10,12H2,(H,27,28);1H/b15-9+;. The zero-order chi connectivity index (χ0) is 21.3. The molecule has 9 heteroatoms. The van der Waals surface area contributed by atoms with Crippen LogP contribution in [0.25, 0.3) is 6.08 Å². The first-order chi connectivity index (χ1) is 14.4. The van der Waals surface area contributed by atoms with E-state index in [1.165, 1.54) is 17.0 Å². The van der Waals surface area contributed by atoms with Crippen molar-refractivity contribution in [3.05, 3.63) is 59.4 Å². The van der Waals surface area contributed by atoms with Crippen molar-refractivity contribution in [3.8, 4) is 0 Å². The molecule has 31 heavy (non-hydrogen) atoms. The number of halogens is 2. The zero-order valence-corrected chi connectivity index (χ0v) is 18.6. The fraction of sp³-hybridized carbons (Fsp3) is 0.409. The number of imidazole rings is 1. The number of carbonyl (C=O) groups excluding carboxylic acids is 1. The summed E-state index contributed by atoms with van der Waals surface area (Å²) in [5.74, 6) is -1.19. The van der Waals surface area contributed by atoms with Gasteiger partial charge in [0, 0.05) is 36.0 Å². The highest BCUT2D eigenvalue weighted by Gasteiger charge is 2.40. The molecule has 2 aromatic rings. The second kappa shape index (κ2) is 9.97. The number of carboxylic acid groups (broad SMARTS) is 1. The number of nitrogens with zero attached hydrogens (tertiary/aromatic N) is 3. The minimum absolute atomic E-state index is 0. The van der Waals surface area contributed by atoms with Crippen LogP contribution in [-0.4, -0.2) is 49.6 Å². The third kappa shape index (κ3) is 5.56. The van der Waals surface area contributed by atoms with Crippen molar-refractivity contribution in [1.82, 2.24) is 14.5 Å². The highest BCUT2D eigenvalue weighted by Crippen LogP contribution is 2.39. The summed E-state index contributed by atoms with van der Waals surface area (Å²) in [4.78, 5) is 30.3. The second-order valence-corrected chi connectivity index (χ2v) is 8.58. The first-order valence-corrected chi connectivity index (χ1v) is 10.6. The summed E-state index contributed by atoms with van der Waals surface area (Å²) in [5, 5.41) is 8.93. The number of benzene rings is 1. The number of Topliss-reactive ketones (excluding diaryl/α,β-unsaturated/α-hetero) is 1. The summed E-state index contributed by atoms with van der Waals surface area (Å²) in [5.41, 5.74) is 2.05. The van der Waals surface area contributed by atoms with Crippen LogP contribution in [0.2, 0.25) is 0 Å². The van der Waals surface area contributed by atoms with Crippen molar-refractivity contribution in [2.75, 3.05) is 13.1 Å². The van der Waals surface area contributed by atoms with Gasteiger partial charge < -0.3 is 9.67 Å². The van der Waals surface area contributed by atoms with Gasteiger partial charge in [0.15, 0.2) is 5.78 Å². The third-order valence-electron chi connectivity index (χ3n) is 5.62. The largest absolute Gasteiger partial charge is 0.480 e. The number of aromatic nitrogens is 2. The number of hydrogen-bond acceptors (Lipinski definition) is 5. The van der Waals surface area contributed by atoms with Crippen LogP contribution in [-0.2, 0) is 16.1 Å². The number of thiol groups is 1. The molecule has 6 nitrogen and oxygen atoms in total. The van der Waals surface area contributed by atoms with E-state index >= 15 is 0 Å². The van der Waals surface area contributed by atoms with Gasteiger partial charge in [0.1, 0.15) is 12.4 Å². The Morgan fingerprint density at radius 2 is 2.03 bits per heavy atom. The molecule has 1 aliphatic heterocycles. The van der Waals surface area contributed by atoms with Crippen LogP contribution in [0.1, 0.15) is 36.6 Å². The summed E-state index contributed by atoms with van der Waals surface area (Å²) < 4.78 is 16.1. The van der Waals surface area contributed by atoms with E-state index in [9.17, 15) is 14.0 Å². The number of rotatable bonds is 7. The molecule has 4 rings (SSSR count). The van der Waals surface area contributed by atoms with E-state index in [0.29, 0.717) is 24.3 Å². The second-order valence-electron chi connectivity index (χ2n) is 7.96. The Bertz CT molecular complexity index is 992. The smallest absolute Gasteiger partial charge is 0.323 e. The zero-order valence-electron chi connectivity index (χ0n) is 16.9. The Labute approximate surface area is 192 Å². The summed E-state index contributed by atoms with van der Waals surface area (Å²) in [7, 11) is 0. The number of ketones is 1. The maximum Gasteiger partial charge on any atom is 0.323 e. The molecule has 1 saturated carbocycles. The van der Waals surface area contributed by atoms with Gasteiger partial charge in [0.2, 0.25) is 0 Å². The van der Waals surface area contributed by atoms with E-state index in [2.05, 4.69) is 17.6 Å². The van der Waals surface area contributed by atoms with Crippen LogP contribution >= 0.6 is 25.0 Å². The maximum atomic E-state index is 14.6. The lowest BCUT2D eigenvalue weighted by molar-refractivity contribution is -0.137. The Morgan fingerprint density at radius 3 is 2.71 bits per heavy atom.